The molecule has 0 saturated heterocycles. The topological polar surface area (TPSA) is 17.1 Å². The number of allylic oxidation sites excluding steroid dienone is 3. The molecule has 0 unspecified atom stereocenters. The van der Waals surface area contributed by atoms with Crippen LogP contribution in [0.2, 0.25) is 0 Å². The van der Waals surface area contributed by atoms with Gasteiger partial charge in [0.25, 0.3) is 0 Å². The fraction of sp³-hybridized carbons (Fsp3) is 0.375. The van der Waals surface area contributed by atoms with Crippen molar-refractivity contribution in [3.63, 3.8) is 0 Å². The summed E-state index contributed by atoms with van der Waals surface area (Å²) in [4.78, 5) is 10.4. The third-order valence-electron chi connectivity index (χ3n) is 1.08. The second kappa shape index (κ2) is 5.24. The van der Waals surface area contributed by atoms with Gasteiger partial charge in [-0.3, -0.25) is 4.79 Å². The van der Waals surface area contributed by atoms with Gasteiger partial charge in [-0.25, -0.2) is 0 Å². The van der Waals surface area contributed by atoms with E-state index in [-0.39, 0.29) is 5.78 Å². The number of hydrogen-bond acceptors (Lipinski definition) is 1. The molecule has 0 rings (SSSR count). The molecule has 56 valence electrons. The number of ketones is 1. The van der Waals surface area contributed by atoms with Crippen LogP contribution in [-0.2, 0) is 4.79 Å². The first kappa shape index (κ1) is 9.44. The van der Waals surface area contributed by atoms with Crippen molar-refractivity contribution in [2.75, 3.05) is 0 Å². The van der Waals surface area contributed by atoms with Crippen LogP contribution in [0.3, 0.4) is 0 Å². The van der Waals surface area contributed by atoms with Crippen molar-refractivity contribution in [1.29, 1.82) is 0 Å². The van der Waals surface area contributed by atoms with Crippen LogP contribution in [0.15, 0.2) is 23.3 Å². The summed E-state index contributed by atoms with van der Waals surface area (Å²) in [5.74, 6) is 0.0458. The predicted molar refractivity (Wildman–Crippen MR) is 44.0 cm³/mol. The minimum atomic E-state index is 0.0458. The van der Waals surface area contributed by atoms with Gasteiger partial charge in [0.1, 0.15) is 0 Å². The minimum Gasteiger partial charge on any atom is -0.295 e. The fourth-order valence-electron chi connectivity index (χ4n) is 0.456. The molecular weight excluding hydrogens is 148 g/mol. The van der Waals surface area contributed by atoms with E-state index in [2.05, 4.69) is 0 Å². The van der Waals surface area contributed by atoms with Gasteiger partial charge in [-0.2, -0.15) is 0 Å². The molecule has 0 saturated carbocycles. The van der Waals surface area contributed by atoms with E-state index >= 15 is 0 Å². The zero-order valence-corrected chi connectivity index (χ0v) is 6.98. The number of carbonyl (C=O) groups excluding carboxylic acids is 1. The molecule has 0 aliphatic rings. The van der Waals surface area contributed by atoms with Gasteiger partial charge in [0.15, 0.2) is 5.78 Å². The van der Waals surface area contributed by atoms with Crippen molar-refractivity contribution in [1.82, 2.24) is 0 Å². The first-order valence-corrected chi connectivity index (χ1v) is 3.62. The summed E-state index contributed by atoms with van der Waals surface area (Å²) < 4.78 is 0. The number of hydrogen-bond donors (Lipinski definition) is 0. The minimum absolute atomic E-state index is 0.0458. The molecule has 0 atom stereocenters. The van der Waals surface area contributed by atoms with E-state index in [1.165, 1.54) is 18.5 Å². The molecule has 10 heavy (non-hydrogen) atoms. The average Bonchev–Trinajstić information content (AvgIpc) is 1.90. The molecule has 0 fully saturated rings. The van der Waals surface area contributed by atoms with Crippen molar-refractivity contribution < 1.29 is 4.79 Å². The molecule has 0 aliphatic heterocycles. The Labute approximate surface area is 66.4 Å². The molecule has 0 aromatic heterocycles. The molecule has 0 amide bonds. The van der Waals surface area contributed by atoms with Crippen LogP contribution in [-0.4, -0.2) is 5.78 Å². The van der Waals surface area contributed by atoms with E-state index in [1.807, 2.05) is 6.92 Å². The SMILES string of the molecule is CCC(/C=C/C(C)=O)=C\Cl. The van der Waals surface area contributed by atoms with Gasteiger partial charge < -0.3 is 0 Å². The summed E-state index contributed by atoms with van der Waals surface area (Å²) in [6.07, 6.45) is 4.10. The van der Waals surface area contributed by atoms with Crippen LogP contribution in [0.4, 0.5) is 0 Å². The van der Waals surface area contributed by atoms with Gasteiger partial charge in [-0.15, -0.1) is 0 Å². The average molecular weight is 159 g/mol. The Hall–Kier alpha value is -0.560. The maximum absolute atomic E-state index is 10.4. The lowest BCUT2D eigenvalue weighted by Gasteiger charge is -1.90. The van der Waals surface area contributed by atoms with E-state index in [9.17, 15) is 4.79 Å². The zero-order chi connectivity index (χ0) is 7.98. The lowest BCUT2D eigenvalue weighted by atomic mass is 10.2. The largest absolute Gasteiger partial charge is 0.295 e. The smallest absolute Gasteiger partial charge is 0.152 e. The Kier molecular flexibility index (Phi) is 4.95. The summed E-state index contributed by atoms with van der Waals surface area (Å²) in [5.41, 5.74) is 2.45. The Morgan fingerprint density at radius 1 is 1.50 bits per heavy atom. The van der Waals surface area contributed by atoms with Gasteiger partial charge in [-0.05, 0) is 25.0 Å². The van der Waals surface area contributed by atoms with Gasteiger partial charge in [0.05, 0.1) is 0 Å². The first-order chi connectivity index (χ1) is 4.70. The Morgan fingerprint density at radius 3 is 2.40 bits per heavy atom. The molecule has 0 spiro atoms. The molecule has 0 heterocycles. The van der Waals surface area contributed by atoms with E-state index in [4.69, 9.17) is 11.6 Å². The van der Waals surface area contributed by atoms with Gasteiger partial charge in [0.2, 0.25) is 0 Å². The Morgan fingerprint density at radius 2 is 2.10 bits per heavy atom. The maximum Gasteiger partial charge on any atom is 0.152 e. The predicted octanol–water partition coefficient (Wildman–Crippen LogP) is 2.66. The van der Waals surface area contributed by atoms with E-state index in [1.54, 1.807) is 6.08 Å². The summed E-state index contributed by atoms with van der Waals surface area (Å²) in [6.45, 7) is 3.50. The highest BCUT2D eigenvalue weighted by molar-refractivity contribution is 6.25. The second-order valence-corrected chi connectivity index (χ2v) is 2.20. The van der Waals surface area contributed by atoms with Crippen LogP contribution < -0.4 is 0 Å². The van der Waals surface area contributed by atoms with Gasteiger partial charge >= 0.3 is 0 Å². The molecule has 0 aromatic rings. The van der Waals surface area contributed by atoms with Crippen LogP contribution in [0.1, 0.15) is 20.3 Å². The highest BCUT2D eigenvalue weighted by Gasteiger charge is 1.86. The van der Waals surface area contributed by atoms with E-state index in [0.29, 0.717) is 0 Å². The summed E-state index contributed by atoms with van der Waals surface area (Å²) in [5, 5.41) is 0. The fourth-order valence-corrected chi connectivity index (χ4v) is 0.683. The second-order valence-electron chi connectivity index (χ2n) is 1.98. The van der Waals surface area contributed by atoms with Crippen LogP contribution >= 0.6 is 11.6 Å². The van der Waals surface area contributed by atoms with E-state index in [0.717, 1.165) is 12.0 Å². The van der Waals surface area contributed by atoms with Crippen LogP contribution in [0, 0.1) is 0 Å². The highest BCUT2D eigenvalue weighted by atomic mass is 35.5. The van der Waals surface area contributed by atoms with Gasteiger partial charge in [-0.1, -0.05) is 24.6 Å². The van der Waals surface area contributed by atoms with Crippen molar-refractivity contribution in [3.8, 4) is 0 Å². The van der Waals surface area contributed by atoms with Crippen molar-refractivity contribution in [3.05, 3.63) is 23.3 Å². The third-order valence-corrected chi connectivity index (χ3v) is 1.36. The first-order valence-electron chi connectivity index (χ1n) is 3.18. The summed E-state index contributed by atoms with van der Waals surface area (Å²) >= 11 is 5.43. The highest BCUT2D eigenvalue weighted by Crippen LogP contribution is 2.03. The number of carbonyl (C=O) groups is 1. The zero-order valence-electron chi connectivity index (χ0n) is 6.23. The molecule has 0 aromatic carbocycles. The number of halogens is 1. The standard InChI is InChI=1S/C8H11ClO/c1-3-8(6-9)5-4-7(2)10/h4-6H,3H2,1-2H3/b5-4+,8-6+. The normalized spacial score (nSPS) is 12.5. The molecule has 0 radical (unpaired) electrons. The lowest BCUT2D eigenvalue weighted by Crippen LogP contribution is -1.80. The van der Waals surface area contributed by atoms with Crippen LogP contribution in [0.5, 0.6) is 0 Å². The van der Waals surface area contributed by atoms with Crippen LogP contribution in [0.25, 0.3) is 0 Å². The molecular formula is C8H11ClO. The molecule has 1 nitrogen and oxygen atoms in total. The molecule has 0 N–H and O–H groups in total. The monoisotopic (exact) mass is 158 g/mol. The van der Waals surface area contributed by atoms with Crippen molar-refractivity contribution >= 4 is 17.4 Å². The van der Waals surface area contributed by atoms with E-state index < -0.39 is 0 Å². The third kappa shape index (κ3) is 4.33. The summed E-state index contributed by atoms with van der Waals surface area (Å²) in [6, 6.07) is 0. The van der Waals surface area contributed by atoms with Crippen molar-refractivity contribution in [2.45, 2.75) is 20.3 Å². The maximum atomic E-state index is 10.4. The Balaban J connectivity index is 3.98. The molecule has 0 bridgehead atoms. The molecule has 2 heteroatoms. The quantitative estimate of drug-likeness (QED) is 0.456. The summed E-state index contributed by atoms with van der Waals surface area (Å²) in [7, 11) is 0. The molecule has 0 aliphatic carbocycles. The Bertz CT molecular complexity index is 168. The van der Waals surface area contributed by atoms with Gasteiger partial charge in [0, 0.05) is 5.54 Å². The van der Waals surface area contributed by atoms with Crippen molar-refractivity contribution in [2.24, 2.45) is 0 Å². The lowest BCUT2D eigenvalue weighted by molar-refractivity contribution is -0.112. The number of rotatable bonds is 3.